The highest BCUT2D eigenvalue weighted by Crippen LogP contribution is 2.17. The molecule has 100 valence electrons. The van der Waals surface area contributed by atoms with Gasteiger partial charge in [0.2, 0.25) is 0 Å². The van der Waals surface area contributed by atoms with Crippen LogP contribution in [0.1, 0.15) is 49.7 Å². The van der Waals surface area contributed by atoms with Crippen molar-refractivity contribution in [1.82, 2.24) is 9.55 Å². The second-order valence-corrected chi connectivity index (χ2v) is 4.62. The minimum atomic E-state index is -0.906. The Morgan fingerprint density at radius 1 is 1.44 bits per heavy atom. The van der Waals surface area contributed by atoms with E-state index in [-0.39, 0.29) is 18.2 Å². The van der Waals surface area contributed by atoms with Gasteiger partial charge in [0.15, 0.2) is 0 Å². The normalized spacial score (nSPS) is 12.4. The number of carboxylic acids is 1. The zero-order chi connectivity index (χ0) is 13.9. The average molecular weight is 252 g/mol. The minimum Gasteiger partial charge on any atom is -0.481 e. The van der Waals surface area contributed by atoms with Gasteiger partial charge in [0.1, 0.15) is 0 Å². The molecule has 0 amide bonds. The van der Waals surface area contributed by atoms with Gasteiger partial charge in [0.05, 0.1) is 6.42 Å². The van der Waals surface area contributed by atoms with Gasteiger partial charge in [0, 0.05) is 23.0 Å². The average Bonchev–Trinajstić information content (AvgIpc) is 2.24. The Bertz CT molecular complexity index is 506. The molecule has 1 aromatic rings. The van der Waals surface area contributed by atoms with Crippen molar-refractivity contribution in [2.75, 3.05) is 0 Å². The minimum absolute atomic E-state index is 0.0446. The molecule has 1 heterocycles. The van der Waals surface area contributed by atoms with Crippen molar-refractivity contribution in [3.63, 3.8) is 0 Å². The number of aryl methyl sites for hydroxylation is 1. The number of nitrogens with zero attached hydrogens (tertiary/aromatic N) is 2. The van der Waals surface area contributed by atoms with Gasteiger partial charge >= 0.3 is 11.7 Å². The van der Waals surface area contributed by atoms with E-state index < -0.39 is 5.97 Å². The molecule has 0 fully saturated rings. The Balaban J connectivity index is 3.35. The summed E-state index contributed by atoms with van der Waals surface area (Å²) in [6.45, 7) is 7.48. The highest BCUT2D eigenvalue weighted by molar-refractivity contribution is 5.70. The molecule has 1 aromatic heterocycles. The van der Waals surface area contributed by atoms with Crippen LogP contribution in [0, 0.1) is 13.8 Å². The molecule has 5 heteroatoms. The second kappa shape index (κ2) is 5.80. The van der Waals surface area contributed by atoms with Gasteiger partial charge < -0.3 is 5.11 Å². The molecule has 1 atom stereocenters. The summed E-state index contributed by atoms with van der Waals surface area (Å²) in [4.78, 5) is 26.7. The van der Waals surface area contributed by atoms with Crippen molar-refractivity contribution in [1.29, 1.82) is 0 Å². The van der Waals surface area contributed by atoms with E-state index >= 15 is 0 Å². The van der Waals surface area contributed by atoms with Crippen LogP contribution < -0.4 is 5.69 Å². The molecule has 0 saturated carbocycles. The molecule has 18 heavy (non-hydrogen) atoms. The molecule has 0 radical (unpaired) electrons. The van der Waals surface area contributed by atoms with Gasteiger partial charge in [-0.3, -0.25) is 9.36 Å². The Morgan fingerprint density at radius 2 is 2.06 bits per heavy atom. The lowest BCUT2D eigenvalue weighted by Crippen LogP contribution is -2.30. The van der Waals surface area contributed by atoms with Gasteiger partial charge in [-0.05, 0) is 27.2 Å². The molecule has 0 aliphatic carbocycles. The van der Waals surface area contributed by atoms with Crippen molar-refractivity contribution < 1.29 is 9.90 Å². The SMILES string of the molecule is CCCC(C)n1c(C)c(CC(=O)O)c(C)nc1=O. The highest BCUT2D eigenvalue weighted by Gasteiger charge is 2.17. The first-order chi connectivity index (χ1) is 8.38. The third-order valence-corrected chi connectivity index (χ3v) is 3.18. The zero-order valence-corrected chi connectivity index (χ0v) is 11.4. The molecule has 0 aliphatic rings. The summed E-state index contributed by atoms with van der Waals surface area (Å²) in [5.41, 5.74) is 1.58. The van der Waals surface area contributed by atoms with Gasteiger partial charge in [-0.25, -0.2) is 4.79 Å². The fraction of sp³-hybridized carbons (Fsp3) is 0.615. The van der Waals surface area contributed by atoms with Crippen LogP contribution in [0.2, 0.25) is 0 Å². The first-order valence-corrected chi connectivity index (χ1v) is 6.18. The van der Waals surface area contributed by atoms with Gasteiger partial charge in [-0.2, -0.15) is 4.98 Å². The summed E-state index contributed by atoms with van der Waals surface area (Å²) >= 11 is 0. The van der Waals surface area contributed by atoms with E-state index in [0.29, 0.717) is 11.3 Å². The van der Waals surface area contributed by atoms with Crippen molar-refractivity contribution in [3.05, 3.63) is 27.4 Å². The second-order valence-electron chi connectivity index (χ2n) is 4.62. The standard InChI is InChI=1S/C13H20N2O3/c1-5-6-8(2)15-10(4)11(7-12(16)17)9(3)14-13(15)18/h8H,5-7H2,1-4H3,(H,16,17). The molecule has 0 spiro atoms. The van der Waals surface area contributed by atoms with Crippen LogP contribution in [0.4, 0.5) is 0 Å². The van der Waals surface area contributed by atoms with Crippen molar-refractivity contribution in [3.8, 4) is 0 Å². The molecular formula is C13H20N2O3. The summed E-state index contributed by atoms with van der Waals surface area (Å²) in [7, 11) is 0. The lowest BCUT2D eigenvalue weighted by atomic mass is 10.1. The zero-order valence-electron chi connectivity index (χ0n) is 11.4. The maximum absolute atomic E-state index is 11.9. The first kappa shape index (κ1) is 14.4. The largest absolute Gasteiger partial charge is 0.481 e. The van der Waals surface area contributed by atoms with E-state index in [9.17, 15) is 9.59 Å². The maximum Gasteiger partial charge on any atom is 0.348 e. The summed E-state index contributed by atoms with van der Waals surface area (Å²) in [5.74, 6) is -0.906. The Morgan fingerprint density at radius 3 is 2.56 bits per heavy atom. The van der Waals surface area contributed by atoms with Gasteiger partial charge in [-0.15, -0.1) is 0 Å². The van der Waals surface area contributed by atoms with Crippen LogP contribution in [-0.4, -0.2) is 20.6 Å². The Labute approximate surface area is 106 Å². The van der Waals surface area contributed by atoms with Crippen LogP contribution in [-0.2, 0) is 11.2 Å². The topological polar surface area (TPSA) is 72.2 Å². The van der Waals surface area contributed by atoms with Crippen molar-refractivity contribution >= 4 is 5.97 Å². The fourth-order valence-electron chi connectivity index (χ4n) is 2.29. The number of aromatic nitrogens is 2. The number of carbonyl (C=O) groups is 1. The smallest absolute Gasteiger partial charge is 0.348 e. The van der Waals surface area contributed by atoms with E-state index in [2.05, 4.69) is 11.9 Å². The van der Waals surface area contributed by atoms with E-state index in [0.717, 1.165) is 18.5 Å². The quantitative estimate of drug-likeness (QED) is 0.868. The van der Waals surface area contributed by atoms with Crippen molar-refractivity contribution in [2.45, 2.75) is 53.0 Å². The third kappa shape index (κ3) is 2.97. The molecule has 1 unspecified atom stereocenters. The van der Waals surface area contributed by atoms with Crippen LogP contribution in [0.25, 0.3) is 0 Å². The summed E-state index contributed by atoms with van der Waals surface area (Å²) in [6.07, 6.45) is 1.75. The molecule has 1 rings (SSSR count). The highest BCUT2D eigenvalue weighted by atomic mass is 16.4. The van der Waals surface area contributed by atoms with E-state index in [1.165, 1.54) is 0 Å². The predicted molar refractivity (Wildman–Crippen MR) is 68.9 cm³/mol. The maximum atomic E-state index is 11.9. The van der Waals surface area contributed by atoms with Gasteiger partial charge in [-0.1, -0.05) is 13.3 Å². The number of hydrogen-bond donors (Lipinski definition) is 1. The number of aliphatic carboxylic acids is 1. The summed E-state index contributed by atoms with van der Waals surface area (Å²) < 4.78 is 1.61. The molecule has 5 nitrogen and oxygen atoms in total. The molecule has 0 aromatic carbocycles. The lowest BCUT2D eigenvalue weighted by Gasteiger charge is -2.20. The monoisotopic (exact) mass is 252 g/mol. The molecule has 1 N–H and O–H groups in total. The number of carboxylic acid groups (broad SMARTS) is 1. The van der Waals surface area contributed by atoms with E-state index in [4.69, 9.17) is 5.11 Å². The summed E-state index contributed by atoms with van der Waals surface area (Å²) in [5, 5.41) is 8.90. The van der Waals surface area contributed by atoms with Gasteiger partial charge in [0.25, 0.3) is 0 Å². The fourth-order valence-corrected chi connectivity index (χ4v) is 2.29. The molecule has 0 bridgehead atoms. The lowest BCUT2D eigenvalue weighted by molar-refractivity contribution is -0.136. The van der Waals surface area contributed by atoms with Crippen LogP contribution >= 0.6 is 0 Å². The first-order valence-electron chi connectivity index (χ1n) is 6.18. The molecule has 0 aliphatic heterocycles. The van der Waals surface area contributed by atoms with Crippen LogP contribution in [0.15, 0.2) is 4.79 Å². The molecular weight excluding hydrogens is 232 g/mol. The number of rotatable bonds is 5. The van der Waals surface area contributed by atoms with Crippen LogP contribution in [0.3, 0.4) is 0 Å². The molecule has 0 saturated heterocycles. The Kier molecular flexibility index (Phi) is 4.64. The van der Waals surface area contributed by atoms with Crippen LogP contribution in [0.5, 0.6) is 0 Å². The van der Waals surface area contributed by atoms with E-state index in [1.807, 2.05) is 6.92 Å². The van der Waals surface area contributed by atoms with Crippen molar-refractivity contribution in [2.24, 2.45) is 0 Å². The predicted octanol–water partition coefficient (Wildman–Crippen LogP) is 1.85. The van der Waals surface area contributed by atoms with E-state index in [1.54, 1.807) is 18.4 Å². The third-order valence-electron chi connectivity index (χ3n) is 3.18. The number of hydrogen-bond acceptors (Lipinski definition) is 3. The Hall–Kier alpha value is -1.65. The summed E-state index contributed by atoms with van der Waals surface area (Å²) in [6, 6.07) is 0.0446.